The number of carbonyl (C=O) groups excluding carboxylic acids is 1. The molecular weight excluding hydrogens is 316 g/mol. The Morgan fingerprint density at radius 1 is 1.17 bits per heavy atom. The first-order chi connectivity index (χ1) is 10.8. The van der Waals surface area contributed by atoms with Crippen LogP contribution in [0.2, 0.25) is 5.02 Å². The van der Waals surface area contributed by atoms with Crippen molar-refractivity contribution in [3.63, 3.8) is 0 Å². The Kier molecular flexibility index (Phi) is 5.11. The number of hydrogen-bond acceptors (Lipinski definition) is 3. The summed E-state index contributed by atoms with van der Waals surface area (Å²) in [7, 11) is 1.52. The number of nitrogens with zero attached hydrogens (tertiary/aromatic N) is 1. The number of hydrogen-bond donors (Lipinski definition) is 1. The van der Waals surface area contributed by atoms with Gasteiger partial charge in [-0.25, -0.2) is 0 Å². The van der Waals surface area contributed by atoms with Gasteiger partial charge in [-0.2, -0.15) is 0 Å². The van der Waals surface area contributed by atoms with Crippen LogP contribution >= 0.6 is 11.6 Å². The third-order valence-corrected chi connectivity index (χ3v) is 4.02. The topological polar surface area (TPSA) is 60.3 Å². The normalized spacial score (nSPS) is 10.5. The van der Waals surface area contributed by atoms with E-state index < -0.39 is 0 Å². The van der Waals surface area contributed by atoms with Crippen molar-refractivity contribution in [2.45, 2.75) is 27.3 Å². The highest BCUT2D eigenvalue weighted by Gasteiger charge is 2.12. The highest BCUT2D eigenvalue weighted by Crippen LogP contribution is 2.30. The predicted molar refractivity (Wildman–Crippen MR) is 91.5 cm³/mol. The molecule has 2 aromatic rings. The van der Waals surface area contributed by atoms with E-state index in [2.05, 4.69) is 5.32 Å². The van der Waals surface area contributed by atoms with Crippen molar-refractivity contribution in [3.8, 4) is 5.75 Å². The zero-order chi connectivity index (χ0) is 17.1. The molecule has 0 spiro atoms. The number of anilines is 1. The second-order valence-electron chi connectivity index (χ2n) is 5.41. The number of methoxy groups -OCH3 is 1. The van der Waals surface area contributed by atoms with Crippen LogP contribution in [0, 0.1) is 20.8 Å². The van der Waals surface area contributed by atoms with Gasteiger partial charge in [0.15, 0.2) is 5.43 Å². The fourth-order valence-corrected chi connectivity index (χ4v) is 2.55. The van der Waals surface area contributed by atoms with Crippen LogP contribution in [0.1, 0.15) is 17.0 Å². The molecule has 1 aromatic carbocycles. The minimum atomic E-state index is -0.208. The van der Waals surface area contributed by atoms with Crippen molar-refractivity contribution in [3.05, 3.63) is 56.5 Å². The van der Waals surface area contributed by atoms with Crippen molar-refractivity contribution in [1.82, 2.24) is 4.57 Å². The lowest BCUT2D eigenvalue weighted by molar-refractivity contribution is -0.116. The van der Waals surface area contributed by atoms with Crippen molar-refractivity contribution in [2.24, 2.45) is 0 Å². The number of nitrogens with one attached hydrogen (secondary N) is 1. The first kappa shape index (κ1) is 17.1. The lowest BCUT2D eigenvalue weighted by atomic mass is 10.2. The molecule has 0 atom stereocenters. The standard InChI is InChI=1S/C17H19ClN2O3/c1-10-5-15(16(23-4)8-14(10)18)19-17(22)9-20-11(2)6-13(21)7-12(20)3/h5-8H,9H2,1-4H3,(H,19,22). The Bertz CT molecular complexity index is 786. The van der Waals surface area contributed by atoms with Crippen LogP contribution in [0.3, 0.4) is 0 Å². The van der Waals surface area contributed by atoms with Crippen LogP contribution in [0.25, 0.3) is 0 Å². The average molecular weight is 335 g/mol. The van der Waals surface area contributed by atoms with Gasteiger partial charge in [0.05, 0.1) is 12.8 Å². The van der Waals surface area contributed by atoms with Crippen LogP contribution in [-0.4, -0.2) is 17.6 Å². The Hall–Kier alpha value is -2.27. The molecule has 122 valence electrons. The van der Waals surface area contributed by atoms with Gasteiger partial charge in [0, 0.05) is 34.6 Å². The van der Waals surface area contributed by atoms with Gasteiger partial charge in [0.25, 0.3) is 0 Å². The summed E-state index contributed by atoms with van der Waals surface area (Å²) in [6, 6.07) is 6.45. The first-order valence-electron chi connectivity index (χ1n) is 7.14. The molecule has 2 rings (SSSR count). The SMILES string of the molecule is COc1cc(Cl)c(C)cc1NC(=O)Cn1c(C)cc(=O)cc1C. The van der Waals surface area contributed by atoms with E-state index in [1.807, 2.05) is 6.92 Å². The summed E-state index contributed by atoms with van der Waals surface area (Å²) in [4.78, 5) is 23.8. The van der Waals surface area contributed by atoms with E-state index >= 15 is 0 Å². The van der Waals surface area contributed by atoms with Crippen LogP contribution < -0.4 is 15.5 Å². The number of carbonyl (C=O) groups is 1. The molecule has 1 N–H and O–H groups in total. The maximum atomic E-state index is 12.3. The lowest BCUT2D eigenvalue weighted by Gasteiger charge is -2.16. The third-order valence-electron chi connectivity index (χ3n) is 3.61. The van der Waals surface area contributed by atoms with Gasteiger partial charge >= 0.3 is 0 Å². The van der Waals surface area contributed by atoms with E-state index in [-0.39, 0.29) is 17.9 Å². The number of benzene rings is 1. The van der Waals surface area contributed by atoms with E-state index in [1.165, 1.54) is 19.2 Å². The summed E-state index contributed by atoms with van der Waals surface area (Å²) in [6.07, 6.45) is 0. The van der Waals surface area contributed by atoms with Crippen molar-refractivity contribution >= 4 is 23.2 Å². The number of pyridine rings is 1. The summed E-state index contributed by atoms with van der Waals surface area (Å²) in [5, 5.41) is 3.40. The molecular formula is C17H19ClN2O3. The molecule has 0 radical (unpaired) electrons. The molecule has 0 aliphatic carbocycles. The number of aromatic nitrogens is 1. The molecule has 5 nitrogen and oxygen atoms in total. The van der Waals surface area contributed by atoms with Gasteiger partial charge < -0.3 is 14.6 Å². The Morgan fingerprint density at radius 2 is 1.78 bits per heavy atom. The van der Waals surface area contributed by atoms with E-state index in [0.29, 0.717) is 16.5 Å². The Labute approximate surface area is 139 Å². The molecule has 0 unspecified atom stereocenters. The molecule has 0 aliphatic rings. The lowest BCUT2D eigenvalue weighted by Crippen LogP contribution is -2.23. The third kappa shape index (κ3) is 3.93. The predicted octanol–water partition coefficient (Wildman–Crippen LogP) is 3.07. The number of halogens is 1. The highest BCUT2D eigenvalue weighted by atomic mass is 35.5. The Balaban J connectivity index is 2.24. The maximum absolute atomic E-state index is 12.3. The second kappa shape index (κ2) is 6.87. The summed E-state index contributed by atoms with van der Waals surface area (Å²) < 4.78 is 7.03. The minimum Gasteiger partial charge on any atom is -0.495 e. The van der Waals surface area contributed by atoms with Gasteiger partial charge in [-0.15, -0.1) is 0 Å². The Morgan fingerprint density at radius 3 is 2.35 bits per heavy atom. The summed E-state index contributed by atoms with van der Waals surface area (Å²) in [5.74, 6) is 0.294. The molecule has 0 saturated carbocycles. The number of ether oxygens (including phenoxy) is 1. The largest absolute Gasteiger partial charge is 0.495 e. The molecule has 6 heteroatoms. The van der Waals surface area contributed by atoms with Crippen molar-refractivity contribution < 1.29 is 9.53 Å². The fraction of sp³-hybridized carbons (Fsp3) is 0.294. The smallest absolute Gasteiger partial charge is 0.244 e. The number of amides is 1. The molecule has 1 aromatic heterocycles. The van der Waals surface area contributed by atoms with Crippen LogP contribution in [0.4, 0.5) is 5.69 Å². The number of rotatable bonds is 4. The summed E-state index contributed by atoms with van der Waals surface area (Å²) >= 11 is 6.06. The van der Waals surface area contributed by atoms with Gasteiger partial charge in [-0.1, -0.05) is 11.6 Å². The zero-order valence-corrected chi connectivity index (χ0v) is 14.3. The summed E-state index contributed by atoms with van der Waals surface area (Å²) in [5.41, 5.74) is 2.83. The van der Waals surface area contributed by atoms with E-state index in [0.717, 1.165) is 17.0 Å². The van der Waals surface area contributed by atoms with Gasteiger partial charge in [0.2, 0.25) is 5.91 Å². The molecule has 23 heavy (non-hydrogen) atoms. The molecule has 1 amide bonds. The fourth-order valence-electron chi connectivity index (χ4n) is 2.40. The average Bonchev–Trinajstić information content (AvgIpc) is 2.46. The number of aryl methyl sites for hydroxylation is 3. The molecule has 0 fully saturated rings. The van der Waals surface area contributed by atoms with Gasteiger partial charge in [-0.05, 0) is 32.4 Å². The zero-order valence-electron chi connectivity index (χ0n) is 13.6. The quantitative estimate of drug-likeness (QED) is 0.934. The van der Waals surface area contributed by atoms with E-state index in [9.17, 15) is 9.59 Å². The van der Waals surface area contributed by atoms with Gasteiger partial charge in [-0.3, -0.25) is 9.59 Å². The van der Waals surface area contributed by atoms with Crippen LogP contribution in [0.5, 0.6) is 5.75 Å². The van der Waals surface area contributed by atoms with Gasteiger partial charge in [0.1, 0.15) is 12.3 Å². The van der Waals surface area contributed by atoms with Crippen LogP contribution in [-0.2, 0) is 11.3 Å². The molecule has 0 aliphatic heterocycles. The van der Waals surface area contributed by atoms with Crippen molar-refractivity contribution in [2.75, 3.05) is 12.4 Å². The van der Waals surface area contributed by atoms with Crippen molar-refractivity contribution in [1.29, 1.82) is 0 Å². The summed E-state index contributed by atoms with van der Waals surface area (Å²) in [6.45, 7) is 5.57. The van der Waals surface area contributed by atoms with E-state index in [4.69, 9.17) is 16.3 Å². The monoisotopic (exact) mass is 334 g/mol. The minimum absolute atomic E-state index is 0.0633. The van der Waals surface area contributed by atoms with E-state index in [1.54, 1.807) is 30.5 Å². The second-order valence-corrected chi connectivity index (χ2v) is 5.82. The van der Waals surface area contributed by atoms with Crippen LogP contribution in [0.15, 0.2) is 29.1 Å². The molecule has 1 heterocycles. The first-order valence-corrected chi connectivity index (χ1v) is 7.51. The highest BCUT2D eigenvalue weighted by molar-refractivity contribution is 6.31. The molecule has 0 bridgehead atoms. The maximum Gasteiger partial charge on any atom is 0.244 e. The molecule has 0 saturated heterocycles.